The van der Waals surface area contributed by atoms with Gasteiger partial charge in [-0.3, -0.25) is 24.6 Å². The number of carbonyl (C=O) groups is 3. The van der Waals surface area contributed by atoms with Gasteiger partial charge in [0.15, 0.2) is 0 Å². The lowest BCUT2D eigenvalue weighted by molar-refractivity contribution is -0.136. The van der Waals surface area contributed by atoms with Crippen LogP contribution in [-0.4, -0.2) is 61.9 Å². The molecule has 0 bridgehead atoms. The Balaban J connectivity index is 1.03. The molecule has 1 aliphatic carbocycles. The number of nitrogens with zero attached hydrogens (tertiary/aromatic N) is 4. The minimum Gasteiger partial charge on any atom is -0.385 e. The van der Waals surface area contributed by atoms with Crippen molar-refractivity contribution < 1.29 is 24.0 Å². The molecule has 3 aromatic rings. The van der Waals surface area contributed by atoms with E-state index < -0.39 is 23.0 Å². The molecule has 2 atom stereocenters. The molecule has 7 rings (SSSR count). The number of aliphatic hydroxyl groups is 1. The van der Waals surface area contributed by atoms with E-state index >= 15 is 0 Å². The number of hydrogen-bond donors (Lipinski definition) is 2. The van der Waals surface area contributed by atoms with Gasteiger partial charge in [0, 0.05) is 55.1 Å². The van der Waals surface area contributed by atoms with Gasteiger partial charge >= 0.3 is 0 Å². The monoisotopic (exact) mass is 569 g/mol. The Labute approximate surface area is 244 Å². The Bertz CT molecular complexity index is 1580. The van der Waals surface area contributed by atoms with Crippen LogP contribution in [0.15, 0.2) is 47.0 Å². The summed E-state index contributed by atoms with van der Waals surface area (Å²) in [5.41, 5.74) is 2.72. The molecule has 3 aliphatic heterocycles. The zero-order valence-corrected chi connectivity index (χ0v) is 23.9. The fourth-order valence-corrected chi connectivity index (χ4v) is 6.79. The van der Waals surface area contributed by atoms with Crippen molar-refractivity contribution in [3.8, 4) is 11.4 Å². The number of nitrogens with one attached hydrogen (secondary N) is 1. The number of hydrogen-bond acceptors (Lipinski definition) is 8. The van der Waals surface area contributed by atoms with E-state index in [0.717, 1.165) is 48.5 Å². The average molecular weight is 570 g/mol. The van der Waals surface area contributed by atoms with E-state index in [4.69, 9.17) is 4.52 Å². The molecule has 2 N–H and O–H groups in total. The number of fused-ring (bicyclic) bond motifs is 1. The minimum atomic E-state index is -1.08. The van der Waals surface area contributed by atoms with Gasteiger partial charge in [0.1, 0.15) is 6.04 Å². The molecule has 3 fully saturated rings. The van der Waals surface area contributed by atoms with E-state index in [1.54, 1.807) is 11.0 Å². The second-order valence-electron chi connectivity index (χ2n) is 12.9. The SMILES string of the molecule is CC1(C)CN(Cc2ccc(-c3noc(C4CC4)n3)cc2)CCC1(O)c1ccc2c(c1)CN(C1CCC(=O)NC1=O)C2=O. The fraction of sp³-hybridized carbons (Fsp3) is 0.469. The molecule has 0 spiro atoms. The summed E-state index contributed by atoms with van der Waals surface area (Å²) in [4.78, 5) is 45.6. The molecule has 1 saturated carbocycles. The Morgan fingerprint density at radius 1 is 1.07 bits per heavy atom. The van der Waals surface area contributed by atoms with Gasteiger partial charge in [0.25, 0.3) is 5.91 Å². The van der Waals surface area contributed by atoms with Crippen molar-refractivity contribution >= 4 is 17.7 Å². The molecule has 1 aromatic heterocycles. The number of benzene rings is 2. The Morgan fingerprint density at radius 3 is 2.57 bits per heavy atom. The molecule has 10 heteroatoms. The fourth-order valence-electron chi connectivity index (χ4n) is 6.79. The third-order valence-corrected chi connectivity index (χ3v) is 9.52. The molecular formula is C32H35N5O5. The lowest BCUT2D eigenvalue weighted by Crippen LogP contribution is -2.55. The van der Waals surface area contributed by atoms with Crippen LogP contribution in [0, 0.1) is 5.41 Å². The van der Waals surface area contributed by atoms with Crippen molar-refractivity contribution in [2.24, 2.45) is 5.41 Å². The minimum absolute atomic E-state index is 0.208. The molecule has 4 heterocycles. The quantitative estimate of drug-likeness (QED) is 0.432. The van der Waals surface area contributed by atoms with E-state index in [-0.39, 0.29) is 18.2 Å². The lowest BCUT2D eigenvalue weighted by atomic mass is 9.66. The largest absolute Gasteiger partial charge is 0.385 e. The van der Waals surface area contributed by atoms with Crippen molar-refractivity contribution in [3.05, 3.63) is 70.6 Å². The first-order chi connectivity index (χ1) is 20.1. The average Bonchev–Trinajstić information content (AvgIpc) is 3.60. The normalized spacial score (nSPS) is 25.9. The van der Waals surface area contributed by atoms with Gasteiger partial charge in [-0.25, -0.2) is 0 Å². The summed E-state index contributed by atoms with van der Waals surface area (Å²) in [5.74, 6) is 0.857. The maximum absolute atomic E-state index is 13.1. The molecule has 0 radical (unpaired) electrons. The summed E-state index contributed by atoms with van der Waals surface area (Å²) in [6.45, 7) is 6.64. The van der Waals surface area contributed by atoms with Crippen LogP contribution in [0.25, 0.3) is 11.4 Å². The molecule has 3 amide bonds. The number of likely N-dealkylation sites (tertiary alicyclic amines) is 1. The predicted octanol–water partition coefficient (Wildman–Crippen LogP) is 3.49. The standard InChI is InChI=1S/C32H35N5O5/c1-31(2)18-36(16-19-3-5-20(6-4-19)27-34-29(42-35-27)21-7-8-21)14-13-32(31,41)23-9-10-24-22(15-23)17-37(30(24)40)25-11-12-26(38)33-28(25)39/h3-6,9-10,15,21,25,41H,7-8,11-14,16-18H2,1-2H3,(H,33,38,39). The highest BCUT2D eigenvalue weighted by molar-refractivity contribution is 6.05. The number of rotatable bonds is 6. The van der Waals surface area contributed by atoms with Crippen molar-refractivity contribution in [2.45, 2.75) is 76.6 Å². The summed E-state index contributed by atoms with van der Waals surface area (Å²) in [6, 6.07) is 13.2. The van der Waals surface area contributed by atoms with Gasteiger partial charge in [-0.15, -0.1) is 0 Å². The van der Waals surface area contributed by atoms with Crippen LogP contribution in [0.1, 0.15) is 84.8 Å². The van der Waals surface area contributed by atoms with Crippen molar-refractivity contribution in [3.63, 3.8) is 0 Å². The zero-order chi connectivity index (χ0) is 29.2. The van der Waals surface area contributed by atoms with E-state index in [1.165, 1.54) is 5.56 Å². The number of imide groups is 1. The first-order valence-corrected chi connectivity index (χ1v) is 14.8. The third kappa shape index (κ3) is 4.62. The van der Waals surface area contributed by atoms with Crippen LogP contribution in [-0.2, 0) is 28.3 Å². The summed E-state index contributed by atoms with van der Waals surface area (Å²) in [6.07, 6.45) is 3.34. The van der Waals surface area contributed by atoms with Gasteiger partial charge in [0.05, 0.1) is 5.60 Å². The van der Waals surface area contributed by atoms with Crippen LogP contribution in [0.4, 0.5) is 0 Å². The first kappa shape index (κ1) is 27.0. The summed E-state index contributed by atoms with van der Waals surface area (Å²) < 4.78 is 5.40. The Kier molecular flexibility index (Phi) is 6.32. The Hall–Kier alpha value is -3.89. The van der Waals surface area contributed by atoms with E-state index in [1.807, 2.05) is 24.3 Å². The van der Waals surface area contributed by atoms with Gasteiger partial charge < -0.3 is 14.5 Å². The third-order valence-electron chi connectivity index (χ3n) is 9.52. The molecule has 2 saturated heterocycles. The molecule has 2 unspecified atom stereocenters. The van der Waals surface area contributed by atoms with Gasteiger partial charge in [-0.05, 0) is 48.4 Å². The number of amides is 3. The highest BCUT2D eigenvalue weighted by Crippen LogP contribution is 2.47. The topological polar surface area (TPSA) is 129 Å². The maximum Gasteiger partial charge on any atom is 0.255 e. The lowest BCUT2D eigenvalue weighted by Gasteiger charge is -2.50. The summed E-state index contributed by atoms with van der Waals surface area (Å²) in [7, 11) is 0. The van der Waals surface area contributed by atoms with Crippen molar-refractivity contribution in [2.75, 3.05) is 13.1 Å². The number of carbonyl (C=O) groups excluding carboxylic acids is 3. The van der Waals surface area contributed by atoms with Gasteiger partial charge in [-0.1, -0.05) is 55.4 Å². The predicted molar refractivity (Wildman–Crippen MR) is 152 cm³/mol. The van der Waals surface area contributed by atoms with Crippen LogP contribution in [0.2, 0.25) is 0 Å². The van der Waals surface area contributed by atoms with Gasteiger partial charge in [0.2, 0.25) is 23.5 Å². The van der Waals surface area contributed by atoms with E-state index in [2.05, 4.69) is 46.3 Å². The molecule has 218 valence electrons. The second-order valence-corrected chi connectivity index (χ2v) is 12.9. The Morgan fingerprint density at radius 2 is 1.86 bits per heavy atom. The molecule has 42 heavy (non-hydrogen) atoms. The number of aromatic nitrogens is 2. The molecule has 4 aliphatic rings. The molecular weight excluding hydrogens is 534 g/mol. The van der Waals surface area contributed by atoms with Gasteiger partial charge in [-0.2, -0.15) is 4.98 Å². The first-order valence-electron chi connectivity index (χ1n) is 14.8. The van der Waals surface area contributed by atoms with E-state index in [9.17, 15) is 19.5 Å². The van der Waals surface area contributed by atoms with E-state index in [0.29, 0.717) is 43.2 Å². The van der Waals surface area contributed by atoms with Crippen LogP contribution < -0.4 is 5.32 Å². The van der Waals surface area contributed by atoms with Crippen LogP contribution >= 0.6 is 0 Å². The highest BCUT2D eigenvalue weighted by Gasteiger charge is 2.49. The smallest absolute Gasteiger partial charge is 0.255 e. The van der Waals surface area contributed by atoms with Crippen molar-refractivity contribution in [1.82, 2.24) is 25.3 Å². The number of piperidine rings is 2. The summed E-state index contributed by atoms with van der Waals surface area (Å²) in [5, 5.41) is 18.6. The second kappa shape index (κ2) is 9.84. The van der Waals surface area contributed by atoms with Crippen molar-refractivity contribution in [1.29, 1.82) is 0 Å². The molecule has 2 aromatic carbocycles. The maximum atomic E-state index is 13.1. The molecule has 10 nitrogen and oxygen atoms in total. The highest BCUT2D eigenvalue weighted by atomic mass is 16.5. The van der Waals surface area contributed by atoms with Crippen LogP contribution in [0.3, 0.4) is 0 Å². The van der Waals surface area contributed by atoms with Crippen LogP contribution in [0.5, 0.6) is 0 Å². The summed E-state index contributed by atoms with van der Waals surface area (Å²) >= 11 is 0. The zero-order valence-electron chi connectivity index (χ0n) is 23.9.